The van der Waals surface area contributed by atoms with E-state index in [1.54, 1.807) is 14.2 Å². The van der Waals surface area contributed by atoms with E-state index < -0.39 is 0 Å². The Bertz CT molecular complexity index is 784. The summed E-state index contributed by atoms with van der Waals surface area (Å²) in [6.45, 7) is 4.68. The van der Waals surface area contributed by atoms with Gasteiger partial charge in [-0.1, -0.05) is 24.3 Å². The summed E-state index contributed by atoms with van der Waals surface area (Å²) in [5, 5.41) is 3.16. The summed E-state index contributed by atoms with van der Waals surface area (Å²) in [6, 6.07) is 16.2. The first-order valence-corrected chi connectivity index (χ1v) is 10.5. The van der Waals surface area contributed by atoms with E-state index in [1.807, 2.05) is 36.4 Å². The van der Waals surface area contributed by atoms with E-state index in [2.05, 4.69) is 34.3 Å². The number of hydrogen-bond donors (Lipinski definition) is 1. The van der Waals surface area contributed by atoms with Crippen LogP contribution in [0.15, 0.2) is 48.5 Å². The van der Waals surface area contributed by atoms with Gasteiger partial charge in [0, 0.05) is 39.1 Å². The van der Waals surface area contributed by atoms with Crippen LogP contribution in [0.25, 0.3) is 0 Å². The highest BCUT2D eigenvalue weighted by molar-refractivity contribution is 5.76. The molecule has 3 rings (SSSR count). The smallest absolute Gasteiger partial charge is 0.220 e. The highest BCUT2D eigenvalue weighted by Crippen LogP contribution is 2.24. The predicted molar refractivity (Wildman–Crippen MR) is 119 cm³/mol. The number of nitrogens with one attached hydrogen (secondary N) is 1. The predicted octanol–water partition coefficient (Wildman–Crippen LogP) is 2.74. The van der Waals surface area contributed by atoms with Gasteiger partial charge in [0.25, 0.3) is 0 Å². The minimum atomic E-state index is 0.0819. The Hall–Kier alpha value is -2.57. The second-order valence-electron chi connectivity index (χ2n) is 7.78. The molecule has 0 spiro atoms. The number of methoxy groups -OCH3 is 2. The van der Waals surface area contributed by atoms with E-state index in [-0.39, 0.29) is 11.9 Å². The number of benzene rings is 2. The van der Waals surface area contributed by atoms with Gasteiger partial charge in [0.2, 0.25) is 5.91 Å². The van der Waals surface area contributed by atoms with Crippen LogP contribution in [0.1, 0.15) is 23.6 Å². The summed E-state index contributed by atoms with van der Waals surface area (Å²) >= 11 is 0. The molecule has 1 atom stereocenters. The van der Waals surface area contributed by atoms with Crippen LogP contribution < -0.4 is 14.8 Å². The molecule has 1 heterocycles. The van der Waals surface area contributed by atoms with Crippen LogP contribution >= 0.6 is 0 Å². The van der Waals surface area contributed by atoms with Gasteiger partial charge in [0.1, 0.15) is 11.5 Å². The van der Waals surface area contributed by atoms with Crippen molar-refractivity contribution < 1.29 is 14.3 Å². The molecule has 6 nitrogen and oxygen atoms in total. The first kappa shape index (κ1) is 22.1. The molecule has 0 saturated carbocycles. The zero-order valence-corrected chi connectivity index (χ0v) is 18.3. The van der Waals surface area contributed by atoms with E-state index in [9.17, 15) is 4.79 Å². The van der Waals surface area contributed by atoms with Crippen molar-refractivity contribution >= 4 is 5.91 Å². The zero-order chi connectivity index (χ0) is 21.3. The summed E-state index contributed by atoms with van der Waals surface area (Å²) < 4.78 is 10.5. The van der Waals surface area contributed by atoms with Crippen LogP contribution in [0, 0.1) is 0 Å². The Labute approximate surface area is 179 Å². The Kier molecular flexibility index (Phi) is 8.11. The highest BCUT2D eigenvalue weighted by Gasteiger charge is 2.24. The molecule has 1 unspecified atom stereocenters. The van der Waals surface area contributed by atoms with Crippen LogP contribution in [-0.2, 0) is 11.2 Å². The highest BCUT2D eigenvalue weighted by atomic mass is 16.5. The number of amides is 1. The van der Waals surface area contributed by atoms with Gasteiger partial charge in [-0.05, 0) is 48.9 Å². The van der Waals surface area contributed by atoms with Gasteiger partial charge >= 0.3 is 0 Å². The van der Waals surface area contributed by atoms with Gasteiger partial charge in [0.05, 0.1) is 20.3 Å². The maximum absolute atomic E-state index is 12.5. The van der Waals surface area contributed by atoms with Crippen LogP contribution in [0.3, 0.4) is 0 Å². The molecule has 1 saturated heterocycles. The monoisotopic (exact) mass is 411 g/mol. The number of aryl methyl sites for hydroxylation is 1. The molecule has 162 valence electrons. The lowest BCUT2D eigenvalue weighted by Gasteiger charge is -2.38. The maximum Gasteiger partial charge on any atom is 0.220 e. The van der Waals surface area contributed by atoms with E-state index in [4.69, 9.17) is 9.47 Å². The van der Waals surface area contributed by atoms with Gasteiger partial charge in [0.15, 0.2) is 0 Å². The fourth-order valence-electron chi connectivity index (χ4n) is 3.77. The average Bonchev–Trinajstić information content (AvgIpc) is 2.79. The number of rotatable bonds is 9. The number of carbonyl (C=O) groups excluding carboxylic acids is 1. The normalized spacial score (nSPS) is 16.1. The largest absolute Gasteiger partial charge is 0.497 e. The lowest BCUT2D eigenvalue weighted by molar-refractivity contribution is -0.121. The molecule has 1 amide bonds. The Morgan fingerprint density at radius 1 is 0.933 bits per heavy atom. The second-order valence-corrected chi connectivity index (χ2v) is 7.78. The quantitative estimate of drug-likeness (QED) is 0.688. The first-order valence-electron chi connectivity index (χ1n) is 10.5. The molecule has 30 heavy (non-hydrogen) atoms. The van der Waals surface area contributed by atoms with Crippen molar-refractivity contribution in [3.63, 3.8) is 0 Å². The van der Waals surface area contributed by atoms with Crippen molar-refractivity contribution in [3.05, 3.63) is 59.7 Å². The summed E-state index contributed by atoms with van der Waals surface area (Å²) in [6.07, 6.45) is 1.20. The van der Waals surface area contributed by atoms with Gasteiger partial charge in [-0.15, -0.1) is 0 Å². The van der Waals surface area contributed by atoms with Crippen molar-refractivity contribution in [2.75, 3.05) is 54.0 Å². The molecular weight excluding hydrogens is 378 g/mol. The van der Waals surface area contributed by atoms with E-state index >= 15 is 0 Å². The summed E-state index contributed by atoms with van der Waals surface area (Å²) in [4.78, 5) is 17.3. The fourth-order valence-corrected chi connectivity index (χ4v) is 3.77. The molecule has 0 bridgehead atoms. The number of hydrogen-bond acceptors (Lipinski definition) is 5. The molecule has 0 radical (unpaired) electrons. The van der Waals surface area contributed by atoms with Crippen molar-refractivity contribution in [1.29, 1.82) is 0 Å². The number of piperazine rings is 1. The number of likely N-dealkylation sites (N-methyl/N-ethyl adjacent to an activating group) is 1. The van der Waals surface area contributed by atoms with Gasteiger partial charge < -0.3 is 19.7 Å². The van der Waals surface area contributed by atoms with Crippen molar-refractivity contribution in [2.45, 2.75) is 18.9 Å². The third-order valence-corrected chi connectivity index (χ3v) is 5.77. The number of carbonyl (C=O) groups is 1. The summed E-state index contributed by atoms with van der Waals surface area (Å²) in [5.41, 5.74) is 2.34. The van der Waals surface area contributed by atoms with E-state index in [0.717, 1.165) is 49.7 Å². The van der Waals surface area contributed by atoms with Crippen LogP contribution in [0.2, 0.25) is 0 Å². The number of ether oxygens (including phenoxy) is 2. The van der Waals surface area contributed by atoms with E-state index in [0.29, 0.717) is 13.0 Å². The zero-order valence-electron chi connectivity index (χ0n) is 18.3. The van der Waals surface area contributed by atoms with Crippen molar-refractivity contribution in [3.8, 4) is 11.5 Å². The molecule has 1 fully saturated rings. The second kappa shape index (κ2) is 11.0. The Balaban J connectivity index is 1.58. The molecule has 1 aliphatic rings. The molecule has 2 aromatic carbocycles. The lowest BCUT2D eigenvalue weighted by atomic mass is 10.0. The topological polar surface area (TPSA) is 54.0 Å². The van der Waals surface area contributed by atoms with Gasteiger partial charge in [-0.3, -0.25) is 9.69 Å². The van der Waals surface area contributed by atoms with Crippen LogP contribution in [0.5, 0.6) is 11.5 Å². The van der Waals surface area contributed by atoms with Gasteiger partial charge in [-0.25, -0.2) is 0 Å². The van der Waals surface area contributed by atoms with E-state index in [1.165, 1.54) is 5.56 Å². The Morgan fingerprint density at radius 3 is 2.07 bits per heavy atom. The molecule has 1 aliphatic heterocycles. The molecule has 6 heteroatoms. The van der Waals surface area contributed by atoms with Crippen molar-refractivity contribution in [2.24, 2.45) is 0 Å². The molecule has 0 aliphatic carbocycles. The minimum absolute atomic E-state index is 0.0819. The summed E-state index contributed by atoms with van der Waals surface area (Å²) in [7, 11) is 5.48. The third-order valence-electron chi connectivity index (χ3n) is 5.77. The van der Waals surface area contributed by atoms with Crippen molar-refractivity contribution in [1.82, 2.24) is 15.1 Å². The fraction of sp³-hybridized carbons (Fsp3) is 0.458. The van der Waals surface area contributed by atoms with Crippen LogP contribution in [-0.4, -0.2) is 69.7 Å². The van der Waals surface area contributed by atoms with Gasteiger partial charge in [-0.2, -0.15) is 0 Å². The number of nitrogens with zero attached hydrogens (tertiary/aromatic N) is 2. The first-order chi connectivity index (χ1) is 14.6. The SMILES string of the molecule is COc1ccc(CCC(=O)NCC(c2ccc(OC)cc2)N2CCN(C)CC2)cc1. The Morgan fingerprint density at radius 2 is 1.50 bits per heavy atom. The molecular formula is C24H33N3O3. The molecule has 0 aromatic heterocycles. The third kappa shape index (κ3) is 6.21. The average molecular weight is 412 g/mol. The van der Waals surface area contributed by atoms with Crippen LogP contribution in [0.4, 0.5) is 0 Å². The molecule has 2 aromatic rings. The molecule has 1 N–H and O–H groups in total. The lowest BCUT2D eigenvalue weighted by Crippen LogP contribution is -2.48. The minimum Gasteiger partial charge on any atom is -0.497 e. The maximum atomic E-state index is 12.5. The standard InChI is InChI=1S/C24H33N3O3/c1-26-14-16-27(17-15-26)23(20-7-11-22(30-3)12-8-20)18-25-24(28)13-6-19-4-9-21(29-2)10-5-19/h4-5,7-12,23H,6,13-18H2,1-3H3,(H,25,28). The summed E-state index contributed by atoms with van der Waals surface area (Å²) in [5.74, 6) is 1.76.